The van der Waals surface area contributed by atoms with E-state index in [1.807, 2.05) is 32.9 Å². The van der Waals surface area contributed by atoms with E-state index in [1.165, 1.54) is 5.56 Å². The number of benzene rings is 1. The highest BCUT2D eigenvalue weighted by Crippen LogP contribution is 2.17. The Morgan fingerprint density at radius 2 is 2.04 bits per heavy atom. The largest absolute Gasteiger partial charge is 0.361 e. The molecule has 1 aromatic carbocycles. The Morgan fingerprint density at radius 1 is 1.24 bits per heavy atom. The molecule has 0 spiro atoms. The van der Waals surface area contributed by atoms with Crippen molar-refractivity contribution in [2.75, 3.05) is 5.32 Å². The van der Waals surface area contributed by atoms with Gasteiger partial charge in [-0.15, -0.1) is 0 Å². The van der Waals surface area contributed by atoms with Gasteiger partial charge in [0.15, 0.2) is 0 Å². The number of amides is 2. The molecule has 0 saturated carbocycles. The van der Waals surface area contributed by atoms with Crippen LogP contribution in [-0.2, 0) is 6.54 Å². The lowest BCUT2D eigenvalue weighted by atomic mass is 10.1. The normalized spacial score (nSPS) is 10.7. The summed E-state index contributed by atoms with van der Waals surface area (Å²) in [6.07, 6.45) is 3.40. The molecule has 7 heteroatoms. The van der Waals surface area contributed by atoms with Gasteiger partial charge in [-0.25, -0.2) is 9.48 Å². The molecule has 0 radical (unpaired) electrons. The van der Waals surface area contributed by atoms with Crippen LogP contribution >= 0.6 is 0 Å². The van der Waals surface area contributed by atoms with Crippen molar-refractivity contribution in [2.45, 2.75) is 34.2 Å². The van der Waals surface area contributed by atoms with Crippen LogP contribution in [0.25, 0.3) is 5.69 Å². The Hall–Kier alpha value is -3.09. The van der Waals surface area contributed by atoms with Gasteiger partial charge in [-0.05, 0) is 39.3 Å². The van der Waals surface area contributed by atoms with Gasteiger partial charge in [-0.3, -0.25) is 0 Å². The quantitative estimate of drug-likeness (QED) is 0.763. The zero-order chi connectivity index (χ0) is 18.0. The van der Waals surface area contributed by atoms with Gasteiger partial charge < -0.3 is 15.2 Å². The fraction of sp³-hybridized carbons (Fsp3) is 0.278. The fourth-order valence-corrected chi connectivity index (χ4v) is 2.68. The Bertz CT molecular complexity index is 891. The van der Waals surface area contributed by atoms with Crippen molar-refractivity contribution in [2.24, 2.45) is 0 Å². The van der Waals surface area contributed by atoms with Crippen molar-refractivity contribution in [3.63, 3.8) is 0 Å². The van der Waals surface area contributed by atoms with Crippen LogP contribution in [0.1, 0.15) is 28.1 Å². The zero-order valence-electron chi connectivity index (χ0n) is 14.8. The molecule has 0 saturated heterocycles. The summed E-state index contributed by atoms with van der Waals surface area (Å²) in [6, 6.07) is 5.84. The average molecular weight is 339 g/mol. The van der Waals surface area contributed by atoms with Gasteiger partial charge in [0.05, 0.1) is 29.5 Å². The zero-order valence-corrected chi connectivity index (χ0v) is 14.8. The van der Waals surface area contributed by atoms with Crippen LogP contribution in [0.2, 0.25) is 0 Å². The molecule has 2 N–H and O–H groups in total. The Morgan fingerprint density at radius 3 is 2.72 bits per heavy atom. The molecule has 0 atom stereocenters. The minimum absolute atomic E-state index is 0.305. The molecule has 0 fully saturated rings. The van der Waals surface area contributed by atoms with E-state index in [2.05, 4.69) is 33.9 Å². The highest BCUT2D eigenvalue weighted by molar-refractivity contribution is 5.88. The van der Waals surface area contributed by atoms with E-state index in [0.29, 0.717) is 18.0 Å². The van der Waals surface area contributed by atoms with Crippen LogP contribution in [0.4, 0.5) is 10.5 Å². The number of carbonyl (C=O) groups is 1. The maximum atomic E-state index is 12.1. The average Bonchev–Trinajstić information content (AvgIpc) is 3.13. The van der Waals surface area contributed by atoms with Gasteiger partial charge in [0.2, 0.25) is 0 Å². The van der Waals surface area contributed by atoms with Crippen LogP contribution in [0.15, 0.2) is 35.1 Å². The van der Waals surface area contributed by atoms with Crippen molar-refractivity contribution in [1.29, 1.82) is 0 Å². The van der Waals surface area contributed by atoms with Gasteiger partial charge in [-0.1, -0.05) is 22.9 Å². The molecule has 0 unspecified atom stereocenters. The third kappa shape index (κ3) is 3.71. The predicted molar refractivity (Wildman–Crippen MR) is 94.9 cm³/mol. The summed E-state index contributed by atoms with van der Waals surface area (Å²) in [5, 5.41) is 13.8. The number of aromatic nitrogens is 3. The van der Waals surface area contributed by atoms with Crippen molar-refractivity contribution in [3.05, 3.63) is 58.7 Å². The maximum Gasteiger partial charge on any atom is 0.319 e. The van der Waals surface area contributed by atoms with Gasteiger partial charge in [0.1, 0.15) is 5.76 Å². The van der Waals surface area contributed by atoms with E-state index in [9.17, 15) is 4.79 Å². The minimum atomic E-state index is -0.305. The summed E-state index contributed by atoms with van der Waals surface area (Å²) in [5.41, 5.74) is 5.59. The highest BCUT2D eigenvalue weighted by Gasteiger charge is 2.11. The molecule has 3 rings (SSSR count). The summed E-state index contributed by atoms with van der Waals surface area (Å²) in [4.78, 5) is 12.1. The molecular formula is C18H21N5O2. The molecule has 0 bridgehead atoms. The molecular weight excluding hydrogens is 318 g/mol. The standard InChI is InChI=1S/C18H21N5O2/c1-11-5-6-17(12(2)7-11)23-10-15(8-20-23)21-18(24)19-9-16-13(3)22-25-14(16)4/h5-8,10H,9H2,1-4H3,(H2,19,21,24). The first kappa shape index (κ1) is 16.8. The number of hydrogen-bond acceptors (Lipinski definition) is 4. The van der Waals surface area contributed by atoms with E-state index >= 15 is 0 Å². The highest BCUT2D eigenvalue weighted by atomic mass is 16.5. The van der Waals surface area contributed by atoms with Crippen LogP contribution in [-0.4, -0.2) is 21.0 Å². The van der Waals surface area contributed by atoms with Gasteiger partial charge in [0.25, 0.3) is 0 Å². The number of carbonyl (C=O) groups excluding carboxylic acids is 1. The lowest BCUT2D eigenvalue weighted by molar-refractivity contribution is 0.251. The van der Waals surface area contributed by atoms with Gasteiger partial charge >= 0.3 is 6.03 Å². The molecule has 2 aromatic heterocycles. The number of aryl methyl sites for hydroxylation is 4. The number of hydrogen-bond donors (Lipinski definition) is 2. The third-order valence-electron chi connectivity index (χ3n) is 4.05. The second-order valence-corrected chi connectivity index (χ2v) is 6.07. The maximum absolute atomic E-state index is 12.1. The van der Waals surface area contributed by atoms with Crippen LogP contribution in [0.3, 0.4) is 0 Å². The monoisotopic (exact) mass is 339 g/mol. The van der Waals surface area contributed by atoms with E-state index in [0.717, 1.165) is 22.5 Å². The van der Waals surface area contributed by atoms with E-state index in [4.69, 9.17) is 4.52 Å². The second kappa shape index (κ2) is 6.80. The topological polar surface area (TPSA) is 85.0 Å². The smallest absolute Gasteiger partial charge is 0.319 e. The molecule has 7 nitrogen and oxygen atoms in total. The molecule has 130 valence electrons. The lowest BCUT2D eigenvalue weighted by Crippen LogP contribution is -2.28. The fourth-order valence-electron chi connectivity index (χ4n) is 2.68. The molecule has 0 aliphatic heterocycles. The molecule has 3 aromatic rings. The minimum Gasteiger partial charge on any atom is -0.361 e. The third-order valence-corrected chi connectivity index (χ3v) is 4.05. The summed E-state index contributed by atoms with van der Waals surface area (Å²) >= 11 is 0. The van der Waals surface area contributed by atoms with Gasteiger partial charge in [0, 0.05) is 12.1 Å². The number of anilines is 1. The Kier molecular flexibility index (Phi) is 4.56. The van der Waals surface area contributed by atoms with Crippen molar-refractivity contribution < 1.29 is 9.32 Å². The molecule has 25 heavy (non-hydrogen) atoms. The number of nitrogens with zero attached hydrogens (tertiary/aromatic N) is 3. The molecule has 2 amide bonds. The summed E-state index contributed by atoms with van der Waals surface area (Å²) in [6.45, 7) is 8.12. The van der Waals surface area contributed by atoms with Crippen molar-refractivity contribution >= 4 is 11.7 Å². The Labute approximate surface area is 146 Å². The summed E-state index contributed by atoms with van der Waals surface area (Å²) < 4.78 is 6.83. The number of urea groups is 1. The SMILES string of the molecule is Cc1ccc(-n2cc(NC(=O)NCc3c(C)noc3C)cn2)c(C)c1. The summed E-state index contributed by atoms with van der Waals surface area (Å²) in [7, 11) is 0. The van der Waals surface area contributed by atoms with Gasteiger partial charge in [-0.2, -0.15) is 5.10 Å². The summed E-state index contributed by atoms with van der Waals surface area (Å²) in [5.74, 6) is 0.709. The van der Waals surface area contributed by atoms with Crippen molar-refractivity contribution in [3.8, 4) is 5.69 Å². The Balaban J connectivity index is 1.64. The van der Waals surface area contributed by atoms with Crippen LogP contribution in [0, 0.1) is 27.7 Å². The molecule has 0 aliphatic rings. The van der Waals surface area contributed by atoms with Crippen LogP contribution < -0.4 is 10.6 Å². The molecule has 0 aliphatic carbocycles. The molecule has 2 heterocycles. The van der Waals surface area contributed by atoms with E-state index in [1.54, 1.807) is 17.1 Å². The van der Waals surface area contributed by atoms with Crippen LogP contribution in [0.5, 0.6) is 0 Å². The van der Waals surface area contributed by atoms with E-state index in [-0.39, 0.29) is 6.03 Å². The first-order valence-corrected chi connectivity index (χ1v) is 8.03. The van der Waals surface area contributed by atoms with Crippen molar-refractivity contribution in [1.82, 2.24) is 20.3 Å². The number of nitrogens with one attached hydrogen (secondary N) is 2. The lowest BCUT2D eigenvalue weighted by Gasteiger charge is -2.07. The number of rotatable bonds is 4. The van der Waals surface area contributed by atoms with E-state index < -0.39 is 0 Å². The predicted octanol–water partition coefficient (Wildman–Crippen LogP) is 3.42. The first-order valence-electron chi connectivity index (χ1n) is 8.03. The first-order chi connectivity index (χ1) is 11.9. The second-order valence-electron chi connectivity index (χ2n) is 6.07.